The molecule has 32 heavy (non-hydrogen) atoms. The second kappa shape index (κ2) is 7.46. The van der Waals surface area contributed by atoms with Crippen molar-refractivity contribution < 1.29 is 4.79 Å². The van der Waals surface area contributed by atoms with E-state index in [-0.39, 0.29) is 11.5 Å². The minimum Gasteiger partial charge on any atom is -0.357 e. The van der Waals surface area contributed by atoms with Gasteiger partial charge in [0.05, 0.1) is 5.69 Å². The lowest BCUT2D eigenvalue weighted by Crippen LogP contribution is -2.17. The molecular formula is C25H21N5O2. The highest BCUT2D eigenvalue weighted by Gasteiger charge is 2.16. The van der Waals surface area contributed by atoms with Gasteiger partial charge >= 0.3 is 0 Å². The smallest absolute Gasteiger partial charge is 0.274 e. The number of carbonyl (C=O) groups excluding carboxylic acids is 1. The second-order valence-corrected chi connectivity index (χ2v) is 7.93. The summed E-state index contributed by atoms with van der Waals surface area (Å²) < 4.78 is 1.54. The van der Waals surface area contributed by atoms with Gasteiger partial charge in [0.25, 0.3) is 11.5 Å². The van der Waals surface area contributed by atoms with Gasteiger partial charge in [-0.15, -0.1) is 0 Å². The lowest BCUT2D eigenvalue weighted by atomic mass is 10.0. The Bertz CT molecular complexity index is 1580. The number of amides is 1. The zero-order chi connectivity index (χ0) is 22.4. The first kappa shape index (κ1) is 19.7. The molecular weight excluding hydrogens is 402 g/mol. The number of pyridine rings is 3. The lowest BCUT2D eigenvalue weighted by molar-refractivity contribution is 0.102. The number of aryl methyl sites for hydroxylation is 3. The van der Waals surface area contributed by atoms with E-state index in [9.17, 15) is 9.59 Å². The first-order chi connectivity index (χ1) is 15.4. The van der Waals surface area contributed by atoms with Gasteiger partial charge in [0, 0.05) is 53.7 Å². The Kier molecular flexibility index (Phi) is 4.59. The van der Waals surface area contributed by atoms with Crippen LogP contribution >= 0.6 is 0 Å². The van der Waals surface area contributed by atoms with E-state index >= 15 is 0 Å². The van der Waals surface area contributed by atoms with Crippen molar-refractivity contribution in [2.45, 2.75) is 13.8 Å². The third-order valence-electron chi connectivity index (χ3n) is 5.72. The number of rotatable bonds is 3. The van der Waals surface area contributed by atoms with Crippen molar-refractivity contribution in [3.8, 4) is 11.3 Å². The molecule has 0 spiro atoms. The first-order valence-corrected chi connectivity index (χ1v) is 10.2. The van der Waals surface area contributed by atoms with Gasteiger partial charge in [-0.3, -0.25) is 14.6 Å². The van der Waals surface area contributed by atoms with Gasteiger partial charge in [0.2, 0.25) is 0 Å². The number of hydrogen-bond donors (Lipinski definition) is 2. The fourth-order valence-corrected chi connectivity index (χ4v) is 4.01. The average molecular weight is 423 g/mol. The Morgan fingerprint density at radius 3 is 2.75 bits per heavy atom. The topological polar surface area (TPSA) is 92.7 Å². The molecule has 0 atom stereocenters. The highest BCUT2D eigenvalue weighted by atomic mass is 16.1. The van der Waals surface area contributed by atoms with E-state index < -0.39 is 0 Å². The van der Waals surface area contributed by atoms with E-state index in [1.807, 2.05) is 44.2 Å². The van der Waals surface area contributed by atoms with Gasteiger partial charge in [0.15, 0.2) is 0 Å². The minimum absolute atomic E-state index is 0.0992. The van der Waals surface area contributed by atoms with E-state index in [1.165, 1.54) is 4.57 Å². The van der Waals surface area contributed by atoms with Crippen molar-refractivity contribution >= 4 is 33.4 Å². The Morgan fingerprint density at radius 2 is 1.91 bits per heavy atom. The number of aromatic nitrogens is 4. The van der Waals surface area contributed by atoms with Crippen LogP contribution in [0.5, 0.6) is 0 Å². The number of carbonyl (C=O) groups is 1. The number of fused-ring (bicyclic) bond motifs is 2. The van der Waals surface area contributed by atoms with E-state index in [2.05, 4.69) is 15.3 Å². The standard InChI is InChI=1S/C25H21N5O2/c1-14-4-5-21(28-22(14)20-13-30(3)25(32)23-18(20)7-9-27-23)29-24(31)19-11-16-6-8-26-12-17(16)10-15(19)2/h4-13,27H,1-3H3,(H,28,29,31). The normalized spacial score (nSPS) is 11.2. The fraction of sp³-hybridized carbons (Fsp3) is 0.120. The SMILES string of the molecule is Cc1cc2cnccc2cc1C(=O)Nc1ccc(C)c(-c2cn(C)c(=O)c3[nH]ccc23)n1. The van der Waals surface area contributed by atoms with Crippen LogP contribution in [0.2, 0.25) is 0 Å². The molecule has 0 aliphatic rings. The van der Waals surface area contributed by atoms with E-state index in [1.54, 1.807) is 37.9 Å². The summed E-state index contributed by atoms with van der Waals surface area (Å²) in [6.45, 7) is 3.86. The fourth-order valence-electron chi connectivity index (χ4n) is 4.01. The van der Waals surface area contributed by atoms with Crippen LogP contribution in [0.15, 0.2) is 66.0 Å². The van der Waals surface area contributed by atoms with Crippen LogP contribution in [-0.2, 0) is 7.05 Å². The van der Waals surface area contributed by atoms with E-state index in [0.29, 0.717) is 22.6 Å². The molecule has 5 aromatic rings. The summed E-state index contributed by atoms with van der Waals surface area (Å²) in [4.78, 5) is 37.3. The maximum atomic E-state index is 13.1. The summed E-state index contributed by atoms with van der Waals surface area (Å²) in [5, 5.41) is 5.66. The van der Waals surface area contributed by atoms with Gasteiger partial charge in [-0.05, 0) is 60.7 Å². The van der Waals surface area contributed by atoms with Crippen LogP contribution in [0.25, 0.3) is 32.9 Å². The molecule has 0 fully saturated rings. The van der Waals surface area contributed by atoms with Gasteiger partial charge in [-0.25, -0.2) is 4.98 Å². The third-order valence-corrected chi connectivity index (χ3v) is 5.72. The number of H-pyrrole nitrogens is 1. The second-order valence-electron chi connectivity index (χ2n) is 7.93. The number of nitrogens with zero attached hydrogens (tertiary/aromatic N) is 3. The lowest BCUT2D eigenvalue weighted by Gasteiger charge is -2.13. The molecule has 0 unspecified atom stereocenters. The molecule has 0 radical (unpaired) electrons. The van der Waals surface area contributed by atoms with Crippen molar-refractivity contribution in [1.29, 1.82) is 0 Å². The van der Waals surface area contributed by atoms with Crippen LogP contribution in [0.4, 0.5) is 5.82 Å². The van der Waals surface area contributed by atoms with Crippen molar-refractivity contribution in [3.05, 3.63) is 88.2 Å². The predicted octanol–water partition coefficient (Wildman–Crippen LogP) is 4.35. The Balaban J connectivity index is 1.55. The van der Waals surface area contributed by atoms with Gasteiger partial charge in [-0.1, -0.05) is 6.07 Å². The van der Waals surface area contributed by atoms with Gasteiger partial charge in [-0.2, -0.15) is 0 Å². The third kappa shape index (κ3) is 3.24. The maximum absolute atomic E-state index is 13.1. The largest absolute Gasteiger partial charge is 0.357 e. The summed E-state index contributed by atoms with van der Waals surface area (Å²) in [6.07, 6.45) is 7.02. The zero-order valence-electron chi connectivity index (χ0n) is 17.9. The molecule has 7 nitrogen and oxygen atoms in total. The summed E-state index contributed by atoms with van der Waals surface area (Å²) in [5.41, 5.74) is 4.36. The molecule has 4 heterocycles. The van der Waals surface area contributed by atoms with Crippen molar-refractivity contribution in [2.75, 3.05) is 5.32 Å². The molecule has 0 aliphatic heterocycles. The van der Waals surface area contributed by atoms with Crippen molar-refractivity contribution in [2.24, 2.45) is 7.05 Å². The van der Waals surface area contributed by atoms with Crippen molar-refractivity contribution in [1.82, 2.24) is 19.5 Å². The highest BCUT2D eigenvalue weighted by Crippen LogP contribution is 2.29. The van der Waals surface area contributed by atoms with Crippen LogP contribution in [0.3, 0.4) is 0 Å². The van der Waals surface area contributed by atoms with Crippen LogP contribution in [0, 0.1) is 13.8 Å². The number of nitrogens with one attached hydrogen (secondary N) is 2. The molecule has 1 amide bonds. The molecule has 158 valence electrons. The van der Waals surface area contributed by atoms with Gasteiger partial charge < -0.3 is 14.9 Å². The number of benzene rings is 1. The summed E-state index contributed by atoms with van der Waals surface area (Å²) in [6, 6.07) is 11.3. The molecule has 4 aromatic heterocycles. The van der Waals surface area contributed by atoms with Crippen LogP contribution < -0.4 is 10.9 Å². The molecule has 2 N–H and O–H groups in total. The minimum atomic E-state index is -0.226. The highest BCUT2D eigenvalue weighted by molar-refractivity contribution is 6.07. The van der Waals surface area contributed by atoms with E-state index in [0.717, 1.165) is 32.8 Å². The monoisotopic (exact) mass is 423 g/mol. The number of hydrogen-bond acceptors (Lipinski definition) is 4. The molecule has 0 saturated heterocycles. The quantitative estimate of drug-likeness (QED) is 0.451. The zero-order valence-corrected chi connectivity index (χ0v) is 17.9. The average Bonchev–Trinajstić information content (AvgIpc) is 3.27. The van der Waals surface area contributed by atoms with Crippen LogP contribution in [-0.4, -0.2) is 25.4 Å². The Labute approximate surface area is 183 Å². The number of aromatic amines is 1. The first-order valence-electron chi connectivity index (χ1n) is 10.2. The Hall–Kier alpha value is -4.26. The summed E-state index contributed by atoms with van der Waals surface area (Å²) >= 11 is 0. The molecule has 7 heteroatoms. The Morgan fingerprint density at radius 1 is 1.06 bits per heavy atom. The predicted molar refractivity (Wildman–Crippen MR) is 126 cm³/mol. The van der Waals surface area contributed by atoms with Gasteiger partial charge in [0.1, 0.15) is 11.3 Å². The molecule has 5 rings (SSSR count). The number of anilines is 1. The van der Waals surface area contributed by atoms with E-state index in [4.69, 9.17) is 4.98 Å². The molecule has 0 saturated carbocycles. The molecule has 1 aromatic carbocycles. The molecule has 0 aliphatic carbocycles. The van der Waals surface area contributed by atoms with Crippen molar-refractivity contribution in [3.63, 3.8) is 0 Å². The summed E-state index contributed by atoms with van der Waals surface area (Å²) in [5.74, 6) is 0.220. The van der Waals surface area contributed by atoms with Crippen LogP contribution in [0.1, 0.15) is 21.5 Å². The maximum Gasteiger partial charge on any atom is 0.274 e. The molecule has 0 bridgehead atoms. The summed E-state index contributed by atoms with van der Waals surface area (Å²) in [7, 11) is 1.71.